The topological polar surface area (TPSA) is 66.9 Å². The molecular formula is C15H26N4O. The number of anilines is 1. The molecule has 0 radical (unpaired) electrons. The van der Waals surface area contributed by atoms with Gasteiger partial charge in [-0.05, 0) is 25.5 Å². The van der Waals surface area contributed by atoms with E-state index >= 15 is 0 Å². The minimum Gasteiger partial charge on any atom is -0.369 e. The van der Waals surface area contributed by atoms with Crippen LogP contribution in [0.2, 0.25) is 0 Å². The van der Waals surface area contributed by atoms with Crippen molar-refractivity contribution in [2.24, 2.45) is 0 Å². The molecule has 0 bridgehead atoms. The van der Waals surface area contributed by atoms with Crippen molar-refractivity contribution in [2.75, 3.05) is 18.4 Å². The molecule has 5 heteroatoms. The van der Waals surface area contributed by atoms with E-state index in [9.17, 15) is 4.79 Å². The molecule has 0 atom stereocenters. The molecule has 1 amide bonds. The first-order chi connectivity index (χ1) is 9.77. The zero-order chi connectivity index (χ0) is 14.6. The van der Waals surface area contributed by atoms with Crippen LogP contribution >= 0.6 is 0 Å². The number of carbonyl (C=O) groups is 1. The number of nitrogens with one attached hydrogen (secondary N) is 2. The van der Waals surface area contributed by atoms with Gasteiger partial charge in [-0.1, -0.05) is 39.0 Å². The Balaban J connectivity index is 2.18. The maximum atomic E-state index is 11.8. The molecule has 20 heavy (non-hydrogen) atoms. The Bertz CT molecular complexity index is 378. The van der Waals surface area contributed by atoms with Gasteiger partial charge in [0.15, 0.2) is 5.69 Å². The van der Waals surface area contributed by atoms with Crippen molar-refractivity contribution in [3.63, 3.8) is 0 Å². The number of aromatic nitrogens is 2. The van der Waals surface area contributed by atoms with E-state index < -0.39 is 0 Å². The molecule has 1 rings (SSSR count). The summed E-state index contributed by atoms with van der Waals surface area (Å²) in [5, 5.41) is 13.8. The second-order valence-corrected chi connectivity index (χ2v) is 4.86. The largest absolute Gasteiger partial charge is 0.369 e. The Morgan fingerprint density at radius 3 is 2.45 bits per heavy atom. The van der Waals surface area contributed by atoms with E-state index in [-0.39, 0.29) is 5.91 Å². The van der Waals surface area contributed by atoms with Gasteiger partial charge in [0.2, 0.25) is 0 Å². The van der Waals surface area contributed by atoms with Gasteiger partial charge < -0.3 is 10.6 Å². The normalized spacial score (nSPS) is 10.3. The number of carbonyl (C=O) groups excluding carboxylic acids is 1. The quantitative estimate of drug-likeness (QED) is 0.646. The standard InChI is InChI=1S/C15H26N4O/c1-3-5-6-7-8-9-12-17-15(20)13-10-11-14(16-4-2)19-18-13/h10-11H,3-9,12H2,1-2H3,(H,16,19)(H,17,20). The summed E-state index contributed by atoms with van der Waals surface area (Å²) in [7, 11) is 0. The van der Waals surface area contributed by atoms with Crippen LogP contribution in [0.4, 0.5) is 5.82 Å². The number of unbranched alkanes of at least 4 members (excludes halogenated alkanes) is 5. The number of rotatable bonds is 10. The summed E-state index contributed by atoms with van der Waals surface area (Å²) in [6, 6.07) is 3.47. The van der Waals surface area contributed by atoms with Crippen molar-refractivity contribution in [2.45, 2.75) is 52.4 Å². The van der Waals surface area contributed by atoms with Gasteiger partial charge in [-0.2, -0.15) is 0 Å². The predicted molar refractivity (Wildman–Crippen MR) is 81.9 cm³/mol. The van der Waals surface area contributed by atoms with Crippen LogP contribution in [0.3, 0.4) is 0 Å². The predicted octanol–water partition coefficient (Wildman–Crippen LogP) is 3.00. The van der Waals surface area contributed by atoms with Gasteiger partial charge in [0, 0.05) is 13.1 Å². The van der Waals surface area contributed by atoms with E-state index in [2.05, 4.69) is 27.8 Å². The molecule has 0 aliphatic rings. The molecule has 0 unspecified atom stereocenters. The lowest BCUT2D eigenvalue weighted by Gasteiger charge is -2.05. The Morgan fingerprint density at radius 1 is 1.05 bits per heavy atom. The molecular weight excluding hydrogens is 252 g/mol. The minimum absolute atomic E-state index is 0.144. The maximum absolute atomic E-state index is 11.8. The first-order valence-corrected chi connectivity index (χ1v) is 7.63. The molecule has 0 saturated heterocycles. The highest BCUT2D eigenvalue weighted by Gasteiger charge is 2.06. The van der Waals surface area contributed by atoms with Crippen LogP contribution in [-0.2, 0) is 0 Å². The van der Waals surface area contributed by atoms with Gasteiger partial charge >= 0.3 is 0 Å². The fourth-order valence-electron chi connectivity index (χ4n) is 1.93. The van der Waals surface area contributed by atoms with Crippen LogP contribution in [0.1, 0.15) is 62.9 Å². The lowest BCUT2D eigenvalue weighted by atomic mass is 10.1. The SMILES string of the molecule is CCCCCCCCNC(=O)c1ccc(NCC)nn1. The van der Waals surface area contributed by atoms with Crippen LogP contribution in [-0.4, -0.2) is 29.2 Å². The lowest BCUT2D eigenvalue weighted by molar-refractivity contribution is 0.0947. The number of hydrogen-bond acceptors (Lipinski definition) is 4. The molecule has 0 spiro atoms. The molecule has 0 aromatic carbocycles. The van der Waals surface area contributed by atoms with Gasteiger partial charge in [-0.25, -0.2) is 0 Å². The molecule has 5 nitrogen and oxygen atoms in total. The Hall–Kier alpha value is -1.65. The van der Waals surface area contributed by atoms with Crippen molar-refractivity contribution in [3.05, 3.63) is 17.8 Å². The number of amides is 1. The van der Waals surface area contributed by atoms with Gasteiger partial charge in [0.1, 0.15) is 5.82 Å². The van der Waals surface area contributed by atoms with Gasteiger partial charge in [-0.15, -0.1) is 10.2 Å². The maximum Gasteiger partial charge on any atom is 0.271 e. The van der Waals surface area contributed by atoms with Crippen molar-refractivity contribution < 1.29 is 4.79 Å². The third-order valence-corrected chi connectivity index (χ3v) is 3.07. The fourth-order valence-corrected chi connectivity index (χ4v) is 1.93. The Kier molecular flexibility index (Phi) is 8.35. The Labute approximate surface area is 121 Å². The molecule has 1 heterocycles. The van der Waals surface area contributed by atoms with Crippen molar-refractivity contribution in [3.8, 4) is 0 Å². The van der Waals surface area contributed by atoms with E-state index in [0.717, 1.165) is 13.0 Å². The molecule has 0 saturated carbocycles. The average Bonchev–Trinajstić information content (AvgIpc) is 2.47. The second-order valence-electron chi connectivity index (χ2n) is 4.86. The fraction of sp³-hybridized carbons (Fsp3) is 0.667. The van der Waals surface area contributed by atoms with Crippen LogP contribution < -0.4 is 10.6 Å². The third-order valence-electron chi connectivity index (χ3n) is 3.07. The Morgan fingerprint density at radius 2 is 1.80 bits per heavy atom. The molecule has 2 N–H and O–H groups in total. The number of hydrogen-bond donors (Lipinski definition) is 2. The summed E-state index contributed by atoms with van der Waals surface area (Å²) in [6.45, 7) is 5.70. The van der Waals surface area contributed by atoms with Crippen molar-refractivity contribution in [1.82, 2.24) is 15.5 Å². The molecule has 1 aromatic rings. The molecule has 0 fully saturated rings. The zero-order valence-electron chi connectivity index (χ0n) is 12.6. The third kappa shape index (κ3) is 6.50. The molecule has 0 aliphatic heterocycles. The zero-order valence-corrected chi connectivity index (χ0v) is 12.6. The van der Waals surface area contributed by atoms with E-state index in [1.165, 1.54) is 32.1 Å². The first-order valence-electron chi connectivity index (χ1n) is 7.63. The smallest absolute Gasteiger partial charge is 0.271 e. The van der Waals surface area contributed by atoms with Gasteiger partial charge in [0.25, 0.3) is 5.91 Å². The highest BCUT2D eigenvalue weighted by molar-refractivity contribution is 5.92. The summed E-state index contributed by atoms with van der Waals surface area (Å²) in [5.41, 5.74) is 0.373. The molecule has 112 valence electrons. The first kappa shape index (κ1) is 16.4. The van der Waals surface area contributed by atoms with Crippen LogP contribution in [0, 0.1) is 0 Å². The summed E-state index contributed by atoms with van der Waals surface area (Å²) in [5.74, 6) is 0.550. The summed E-state index contributed by atoms with van der Waals surface area (Å²) in [4.78, 5) is 11.8. The van der Waals surface area contributed by atoms with E-state index in [1.807, 2.05) is 6.92 Å². The second kappa shape index (κ2) is 10.2. The summed E-state index contributed by atoms with van der Waals surface area (Å²) < 4.78 is 0. The highest BCUT2D eigenvalue weighted by atomic mass is 16.1. The van der Waals surface area contributed by atoms with E-state index in [1.54, 1.807) is 12.1 Å². The van der Waals surface area contributed by atoms with Crippen LogP contribution in [0.15, 0.2) is 12.1 Å². The van der Waals surface area contributed by atoms with Crippen molar-refractivity contribution >= 4 is 11.7 Å². The highest BCUT2D eigenvalue weighted by Crippen LogP contribution is 2.05. The molecule has 0 aliphatic carbocycles. The van der Waals surface area contributed by atoms with Crippen LogP contribution in [0.5, 0.6) is 0 Å². The number of nitrogens with zero attached hydrogens (tertiary/aromatic N) is 2. The van der Waals surface area contributed by atoms with Gasteiger partial charge in [-0.3, -0.25) is 4.79 Å². The van der Waals surface area contributed by atoms with E-state index in [4.69, 9.17) is 0 Å². The average molecular weight is 278 g/mol. The summed E-state index contributed by atoms with van der Waals surface area (Å²) in [6.07, 6.45) is 7.31. The van der Waals surface area contributed by atoms with Gasteiger partial charge in [0.05, 0.1) is 0 Å². The summed E-state index contributed by atoms with van der Waals surface area (Å²) >= 11 is 0. The van der Waals surface area contributed by atoms with Crippen molar-refractivity contribution in [1.29, 1.82) is 0 Å². The molecule has 1 aromatic heterocycles. The van der Waals surface area contributed by atoms with E-state index in [0.29, 0.717) is 18.1 Å². The van der Waals surface area contributed by atoms with Crippen LogP contribution in [0.25, 0.3) is 0 Å². The monoisotopic (exact) mass is 278 g/mol. The minimum atomic E-state index is -0.144. The lowest BCUT2D eigenvalue weighted by Crippen LogP contribution is -2.25.